The molecule has 1 aromatic rings. The van der Waals surface area contributed by atoms with E-state index in [9.17, 15) is 19.3 Å². The van der Waals surface area contributed by atoms with Gasteiger partial charge in [0.2, 0.25) is 5.82 Å². The van der Waals surface area contributed by atoms with Gasteiger partial charge in [0, 0.05) is 31.8 Å². The van der Waals surface area contributed by atoms with Crippen LogP contribution in [0.1, 0.15) is 17.3 Å². The molecule has 1 amide bonds. The number of nitrogens with zero attached hydrogens (tertiary/aromatic N) is 2. The number of rotatable bonds is 6. The first-order valence-electron chi connectivity index (χ1n) is 5.74. The van der Waals surface area contributed by atoms with E-state index in [-0.39, 0.29) is 5.56 Å². The molecule has 104 valence electrons. The molecule has 0 heterocycles. The van der Waals surface area contributed by atoms with Crippen molar-refractivity contribution in [3.8, 4) is 0 Å². The van der Waals surface area contributed by atoms with E-state index in [4.69, 9.17) is 4.74 Å². The zero-order valence-corrected chi connectivity index (χ0v) is 10.8. The minimum atomic E-state index is -1.02. The molecule has 0 saturated carbocycles. The fourth-order valence-corrected chi connectivity index (χ4v) is 1.46. The highest BCUT2D eigenvalue weighted by atomic mass is 19.1. The highest BCUT2D eigenvalue weighted by Gasteiger charge is 2.18. The van der Waals surface area contributed by atoms with Crippen molar-refractivity contribution in [3.05, 3.63) is 39.7 Å². The first-order valence-corrected chi connectivity index (χ1v) is 5.74. The largest absolute Gasteiger partial charge is 0.380 e. The molecule has 0 aliphatic heterocycles. The number of hydrogen-bond donors (Lipinski definition) is 0. The molecule has 0 saturated heterocycles. The van der Waals surface area contributed by atoms with Gasteiger partial charge in [-0.2, -0.15) is 4.39 Å². The summed E-state index contributed by atoms with van der Waals surface area (Å²) in [6.45, 7) is 3.14. The fraction of sp³-hybridized carbons (Fsp3) is 0.417. The molecule has 1 rings (SSSR count). The lowest BCUT2D eigenvalue weighted by molar-refractivity contribution is -0.387. The molecule has 0 atom stereocenters. The van der Waals surface area contributed by atoms with Crippen LogP contribution in [0, 0.1) is 15.9 Å². The summed E-state index contributed by atoms with van der Waals surface area (Å²) in [5.74, 6) is -1.43. The number of carbonyl (C=O) groups is 1. The summed E-state index contributed by atoms with van der Waals surface area (Å²) in [6.07, 6.45) is 0. The molecule has 0 aliphatic rings. The van der Waals surface area contributed by atoms with Crippen LogP contribution in [-0.2, 0) is 4.74 Å². The van der Waals surface area contributed by atoms with Crippen LogP contribution in [-0.4, -0.2) is 42.5 Å². The standard InChI is InChI=1S/C12H15FN2O4/c1-3-19-7-6-14(2)12(16)9-4-5-11(15(17)18)10(13)8-9/h4-5,8H,3,6-7H2,1-2H3. The maximum Gasteiger partial charge on any atom is 0.304 e. The molecule has 0 bridgehead atoms. The van der Waals surface area contributed by atoms with E-state index in [1.807, 2.05) is 6.92 Å². The zero-order valence-electron chi connectivity index (χ0n) is 10.8. The molecule has 0 fully saturated rings. The van der Waals surface area contributed by atoms with E-state index in [2.05, 4.69) is 0 Å². The topological polar surface area (TPSA) is 72.7 Å². The average Bonchev–Trinajstić information content (AvgIpc) is 2.37. The number of amides is 1. The van der Waals surface area contributed by atoms with Crippen LogP contribution in [0.5, 0.6) is 0 Å². The number of benzene rings is 1. The molecule has 0 spiro atoms. The van der Waals surface area contributed by atoms with Crippen molar-refractivity contribution in [3.63, 3.8) is 0 Å². The van der Waals surface area contributed by atoms with Crippen LogP contribution >= 0.6 is 0 Å². The minimum Gasteiger partial charge on any atom is -0.380 e. The fourth-order valence-electron chi connectivity index (χ4n) is 1.46. The van der Waals surface area contributed by atoms with Gasteiger partial charge in [-0.1, -0.05) is 0 Å². The molecular weight excluding hydrogens is 255 g/mol. The summed E-state index contributed by atoms with van der Waals surface area (Å²) < 4.78 is 18.5. The zero-order chi connectivity index (χ0) is 14.4. The molecule has 0 unspecified atom stereocenters. The Hall–Kier alpha value is -2.02. The number of carbonyl (C=O) groups excluding carboxylic acids is 1. The van der Waals surface area contributed by atoms with Crippen molar-refractivity contribution >= 4 is 11.6 Å². The molecule has 19 heavy (non-hydrogen) atoms. The van der Waals surface area contributed by atoms with Crippen LogP contribution in [0.3, 0.4) is 0 Å². The molecule has 1 aromatic carbocycles. The Balaban J connectivity index is 2.77. The number of likely N-dealkylation sites (N-methyl/N-ethyl adjacent to an activating group) is 1. The quantitative estimate of drug-likeness (QED) is 0.449. The Bertz CT molecular complexity index is 479. The molecule has 0 radical (unpaired) electrons. The second kappa shape index (κ2) is 6.79. The number of hydrogen-bond acceptors (Lipinski definition) is 4. The highest BCUT2D eigenvalue weighted by Crippen LogP contribution is 2.18. The SMILES string of the molecule is CCOCCN(C)C(=O)c1ccc([N+](=O)[O-])c(F)c1. The second-order valence-corrected chi connectivity index (χ2v) is 3.85. The van der Waals surface area contributed by atoms with E-state index < -0.39 is 22.3 Å². The Morgan fingerprint density at radius 2 is 2.21 bits per heavy atom. The van der Waals surface area contributed by atoms with Gasteiger partial charge in [0.05, 0.1) is 11.5 Å². The molecule has 0 N–H and O–H groups in total. The van der Waals surface area contributed by atoms with Crippen LogP contribution in [0.2, 0.25) is 0 Å². The average molecular weight is 270 g/mol. The number of nitro benzene ring substituents is 1. The second-order valence-electron chi connectivity index (χ2n) is 3.85. The van der Waals surface area contributed by atoms with Crippen molar-refractivity contribution in [2.45, 2.75) is 6.92 Å². The summed E-state index contributed by atoms with van der Waals surface area (Å²) in [4.78, 5) is 22.9. The summed E-state index contributed by atoms with van der Waals surface area (Å²) in [7, 11) is 1.56. The number of ether oxygens (including phenoxy) is 1. The van der Waals surface area contributed by atoms with Gasteiger partial charge in [-0.05, 0) is 19.1 Å². The van der Waals surface area contributed by atoms with Gasteiger partial charge in [0.15, 0.2) is 0 Å². The van der Waals surface area contributed by atoms with Gasteiger partial charge in [0.1, 0.15) is 0 Å². The van der Waals surface area contributed by atoms with Crippen molar-refractivity contribution < 1.29 is 18.8 Å². The van der Waals surface area contributed by atoms with Crippen molar-refractivity contribution in [1.29, 1.82) is 0 Å². The first kappa shape index (κ1) is 15.0. The molecule has 7 heteroatoms. The third kappa shape index (κ3) is 3.99. The van der Waals surface area contributed by atoms with E-state index in [0.29, 0.717) is 19.8 Å². The lowest BCUT2D eigenvalue weighted by atomic mass is 10.1. The third-order valence-corrected chi connectivity index (χ3v) is 2.51. The van der Waals surface area contributed by atoms with Gasteiger partial charge in [-0.15, -0.1) is 0 Å². The van der Waals surface area contributed by atoms with Gasteiger partial charge in [-0.3, -0.25) is 14.9 Å². The van der Waals surface area contributed by atoms with E-state index >= 15 is 0 Å². The third-order valence-electron chi connectivity index (χ3n) is 2.51. The molecular formula is C12H15FN2O4. The first-order chi connectivity index (χ1) is 8.97. The van der Waals surface area contributed by atoms with E-state index in [1.165, 1.54) is 11.0 Å². The maximum atomic E-state index is 13.4. The number of nitro groups is 1. The summed E-state index contributed by atoms with van der Waals surface area (Å²) >= 11 is 0. The maximum absolute atomic E-state index is 13.4. The van der Waals surface area contributed by atoms with Gasteiger partial charge >= 0.3 is 5.69 Å². The normalized spacial score (nSPS) is 10.3. The van der Waals surface area contributed by atoms with Gasteiger partial charge in [-0.25, -0.2) is 0 Å². The van der Waals surface area contributed by atoms with Gasteiger partial charge in [0.25, 0.3) is 5.91 Å². The minimum absolute atomic E-state index is 0.0714. The smallest absolute Gasteiger partial charge is 0.304 e. The number of halogens is 1. The molecule has 6 nitrogen and oxygen atoms in total. The van der Waals surface area contributed by atoms with Crippen molar-refractivity contribution in [2.75, 3.05) is 26.8 Å². The van der Waals surface area contributed by atoms with Crippen molar-refractivity contribution in [2.24, 2.45) is 0 Å². The van der Waals surface area contributed by atoms with Crippen LogP contribution in [0.4, 0.5) is 10.1 Å². The highest BCUT2D eigenvalue weighted by molar-refractivity contribution is 5.94. The lowest BCUT2D eigenvalue weighted by Crippen LogP contribution is -2.30. The lowest BCUT2D eigenvalue weighted by Gasteiger charge is -2.16. The summed E-state index contributed by atoms with van der Waals surface area (Å²) in [6, 6.07) is 3.09. The molecule has 0 aromatic heterocycles. The molecule has 0 aliphatic carbocycles. The van der Waals surface area contributed by atoms with Gasteiger partial charge < -0.3 is 9.64 Å². The predicted molar refractivity (Wildman–Crippen MR) is 66.5 cm³/mol. The van der Waals surface area contributed by atoms with E-state index in [0.717, 1.165) is 12.1 Å². The summed E-state index contributed by atoms with van der Waals surface area (Å²) in [5.41, 5.74) is -0.574. The monoisotopic (exact) mass is 270 g/mol. The van der Waals surface area contributed by atoms with Crippen LogP contribution in [0.25, 0.3) is 0 Å². The van der Waals surface area contributed by atoms with Crippen molar-refractivity contribution in [1.82, 2.24) is 4.90 Å². The summed E-state index contributed by atoms with van der Waals surface area (Å²) in [5, 5.41) is 10.5. The Morgan fingerprint density at radius 1 is 1.53 bits per heavy atom. The van der Waals surface area contributed by atoms with E-state index in [1.54, 1.807) is 7.05 Å². The predicted octanol–water partition coefficient (Wildman–Crippen LogP) is 1.84. The Kier molecular flexibility index (Phi) is 5.37. The van der Waals surface area contributed by atoms with Crippen LogP contribution < -0.4 is 0 Å². The Morgan fingerprint density at radius 3 is 2.74 bits per heavy atom. The van der Waals surface area contributed by atoms with Crippen LogP contribution in [0.15, 0.2) is 18.2 Å². The Labute approximate surface area is 109 Å².